The lowest BCUT2D eigenvalue weighted by Gasteiger charge is -2.08. The molecule has 0 bridgehead atoms. The summed E-state index contributed by atoms with van der Waals surface area (Å²) in [6.45, 7) is 0. The molecule has 0 amide bonds. The minimum absolute atomic E-state index is 0.0616. The van der Waals surface area contributed by atoms with Gasteiger partial charge in [-0.25, -0.2) is 0 Å². The quantitative estimate of drug-likeness (QED) is 0.718. The second-order valence-electron chi connectivity index (χ2n) is 4.07. The molecule has 0 radical (unpaired) electrons. The summed E-state index contributed by atoms with van der Waals surface area (Å²) in [6, 6.07) is 13.1. The number of halogens is 2. The first-order chi connectivity index (χ1) is 9.10. The first kappa shape index (κ1) is 14.3. The smallest absolute Gasteiger partial charge is 0.167 e. The van der Waals surface area contributed by atoms with Crippen LogP contribution < -0.4 is 4.74 Å². The third-order valence-corrected chi connectivity index (χ3v) is 3.64. The Morgan fingerprint density at radius 2 is 1.74 bits per heavy atom. The number of ketones is 1. The van der Waals surface area contributed by atoms with Gasteiger partial charge < -0.3 is 4.74 Å². The van der Waals surface area contributed by atoms with Gasteiger partial charge in [-0.15, -0.1) is 0 Å². The molecule has 0 aliphatic heterocycles. The molecule has 4 heteroatoms. The number of carbonyl (C=O) groups excluding carboxylic acids is 1. The maximum Gasteiger partial charge on any atom is 0.167 e. The van der Waals surface area contributed by atoms with Crippen molar-refractivity contribution in [3.63, 3.8) is 0 Å². The molecule has 0 heterocycles. The number of ether oxygens (including phenoxy) is 1. The largest absolute Gasteiger partial charge is 0.496 e. The highest BCUT2D eigenvalue weighted by Gasteiger charge is 2.11. The van der Waals surface area contributed by atoms with E-state index in [4.69, 9.17) is 4.74 Å². The van der Waals surface area contributed by atoms with Crippen LogP contribution in [-0.4, -0.2) is 12.9 Å². The summed E-state index contributed by atoms with van der Waals surface area (Å²) in [6.07, 6.45) is 0.326. The van der Waals surface area contributed by atoms with E-state index in [1.165, 1.54) is 0 Å². The predicted molar refractivity (Wildman–Crippen MR) is 82.9 cm³/mol. The van der Waals surface area contributed by atoms with Crippen LogP contribution in [0.2, 0.25) is 0 Å². The number of benzene rings is 2. The zero-order chi connectivity index (χ0) is 13.8. The van der Waals surface area contributed by atoms with Crippen molar-refractivity contribution in [2.24, 2.45) is 0 Å². The van der Waals surface area contributed by atoms with E-state index in [1.54, 1.807) is 7.11 Å². The summed E-state index contributed by atoms with van der Waals surface area (Å²) in [7, 11) is 1.61. The molecule has 0 atom stereocenters. The van der Waals surface area contributed by atoms with Crippen molar-refractivity contribution in [2.45, 2.75) is 6.42 Å². The predicted octanol–water partition coefficient (Wildman–Crippen LogP) is 4.65. The van der Waals surface area contributed by atoms with Crippen molar-refractivity contribution in [3.8, 4) is 5.75 Å². The molecule has 2 rings (SSSR count). The molecular weight excluding hydrogens is 372 g/mol. The van der Waals surface area contributed by atoms with Crippen molar-refractivity contribution in [3.05, 3.63) is 62.5 Å². The first-order valence-corrected chi connectivity index (χ1v) is 7.30. The molecule has 2 aromatic carbocycles. The van der Waals surface area contributed by atoms with E-state index in [-0.39, 0.29) is 5.78 Å². The molecule has 0 aliphatic carbocycles. The molecule has 0 saturated carbocycles. The number of rotatable bonds is 4. The first-order valence-electron chi connectivity index (χ1n) is 5.71. The fourth-order valence-corrected chi connectivity index (χ4v) is 3.13. The van der Waals surface area contributed by atoms with E-state index < -0.39 is 0 Å². The average Bonchev–Trinajstić information content (AvgIpc) is 2.38. The lowest BCUT2D eigenvalue weighted by Crippen LogP contribution is -2.05. The van der Waals surface area contributed by atoms with E-state index in [2.05, 4.69) is 31.9 Å². The van der Waals surface area contributed by atoms with Gasteiger partial charge in [0.05, 0.1) is 7.11 Å². The van der Waals surface area contributed by atoms with Crippen LogP contribution >= 0.6 is 31.9 Å². The van der Waals surface area contributed by atoms with Gasteiger partial charge in [0, 0.05) is 26.5 Å². The molecule has 0 aromatic heterocycles. The lowest BCUT2D eigenvalue weighted by molar-refractivity contribution is 0.0992. The van der Waals surface area contributed by atoms with Gasteiger partial charge in [0.2, 0.25) is 0 Å². The summed E-state index contributed by atoms with van der Waals surface area (Å²) >= 11 is 6.78. The van der Waals surface area contributed by atoms with Crippen LogP contribution in [0.25, 0.3) is 0 Å². The molecule has 98 valence electrons. The Balaban J connectivity index is 2.25. The van der Waals surface area contributed by atoms with Crippen molar-refractivity contribution < 1.29 is 9.53 Å². The number of hydrogen-bond acceptors (Lipinski definition) is 2. The summed E-state index contributed by atoms with van der Waals surface area (Å²) in [5.74, 6) is 0.802. The van der Waals surface area contributed by atoms with Gasteiger partial charge in [0.15, 0.2) is 5.78 Å². The maximum absolute atomic E-state index is 12.3. The van der Waals surface area contributed by atoms with Crippen LogP contribution in [0.5, 0.6) is 5.75 Å². The number of Topliss-reactive ketones (excluding diaryl/α,β-unsaturated/α-hetero) is 1. The number of methoxy groups -OCH3 is 1. The highest BCUT2D eigenvalue weighted by Crippen LogP contribution is 2.23. The second-order valence-corrected chi connectivity index (χ2v) is 5.90. The lowest BCUT2D eigenvalue weighted by atomic mass is 10.0. The maximum atomic E-state index is 12.3. The van der Waals surface area contributed by atoms with Gasteiger partial charge in [-0.1, -0.05) is 50.1 Å². The molecule has 2 nitrogen and oxygen atoms in total. The molecule has 0 N–H and O–H groups in total. The van der Waals surface area contributed by atoms with Crippen LogP contribution in [0.1, 0.15) is 15.9 Å². The summed E-state index contributed by atoms with van der Waals surface area (Å²) in [5.41, 5.74) is 1.57. The van der Waals surface area contributed by atoms with E-state index in [0.717, 1.165) is 20.3 Å². The molecule has 0 spiro atoms. The molecule has 0 unspecified atom stereocenters. The van der Waals surface area contributed by atoms with Crippen LogP contribution in [0, 0.1) is 0 Å². The van der Waals surface area contributed by atoms with Crippen LogP contribution in [0.3, 0.4) is 0 Å². The Labute approximate surface area is 129 Å². The Bertz CT molecular complexity index is 589. The third-order valence-electron chi connectivity index (χ3n) is 2.73. The highest BCUT2D eigenvalue weighted by atomic mass is 79.9. The SMILES string of the molecule is COc1ccccc1CC(=O)c1cc(Br)cc(Br)c1. The van der Waals surface area contributed by atoms with E-state index in [1.807, 2.05) is 42.5 Å². The molecular formula is C15H12Br2O2. The Morgan fingerprint density at radius 1 is 1.11 bits per heavy atom. The third kappa shape index (κ3) is 3.67. The van der Waals surface area contributed by atoms with Gasteiger partial charge in [0.1, 0.15) is 5.75 Å². The van der Waals surface area contributed by atoms with Crippen molar-refractivity contribution >= 4 is 37.6 Å². The van der Waals surface area contributed by atoms with Gasteiger partial charge in [-0.2, -0.15) is 0 Å². The van der Waals surface area contributed by atoms with E-state index >= 15 is 0 Å². The van der Waals surface area contributed by atoms with Crippen molar-refractivity contribution in [2.75, 3.05) is 7.11 Å². The van der Waals surface area contributed by atoms with Crippen molar-refractivity contribution in [1.29, 1.82) is 0 Å². The van der Waals surface area contributed by atoms with Crippen LogP contribution in [0.4, 0.5) is 0 Å². The molecule has 0 saturated heterocycles. The average molecular weight is 384 g/mol. The number of carbonyl (C=O) groups is 1. The Kier molecular flexibility index (Phi) is 4.77. The molecule has 0 aliphatic rings. The normalized spacial score (nSPS) is 10.3. The van der Waals surface area contributed by atoms with E-state index in [0.29, 0.717) is 12.0 Å². The Morgan fingerprint density at radius 3 is 2.37 bits per heavy atom. The standard InChI is InChI=1S/C15H12Br2O2/c1-19-15-5-3-2-4-10(15)8-14(18)11-6-12(16)9-13(17)7-11/h2-7,9H,8H2,1H3. The second kappa shape index (κ2) is 6.35. The molecule has 0 fully saturated rings. The zero-order valence-corrected chi connectivity index (χ0v) is 13.5. The van der Waals surface area contributed by atoms with Gasteiger partial charge in [-0.3, -0.25) is 4.79 Å². The molecule has 2 aromatic rings. The monoisotopic (exact) mass is 382 g/mol. The minimum Gasteiger partial charge on any atom is -0.496 e. The molecule has 19 heavy (non-hydrogen) atoms. The van der Waals surface area contributed by atoms with E-state index in [9.17, 15) is 4.79 Å². The minimum atomic E-state index is 0.0616. The zero-order valence-electron chi connectivity index (χ0n) is 10.3. The number of hydrogen-bond donors (Lipinski definition) is 0. The number of para-hydroxylation sites is 1. The van der Waals surface area contributed by atoms with Gasteiger partial charge in [-0.05, 0) is 24.3 Å². The summed E-state index contributed by atoms with van der Waals surface area (Å²) < 4.78 is 7.02. The van der Waals surface area contributed by atoms with Gasteiger partial charge in [0.25, 0.3) is 0 Å². The summed E-state index contributed by atoms with van der Waals surface area (Å²) in [5, 5.41) is 0. The summed E-state index contributed by atoms with van der Waals surface area (Å²) in [4.78, 5) is 12.3. The fourth-order valence-electron chi connectivity index (χ4n) is 1.84. The van der Waals surface area contributed by atoms with Crippen LogP contribution in [-0.2, 0) is 6.42 Å². The fraction of sp³-hybridized carbons (Fsp3) is 0.133. The van der Waals surface area contributed by atoms with Gasteiger partial charge >= 0.3 is 0 Å². The highest BCUT2D eigenvalue weighted by molar-refractivity contribution is 9.11. The van der Waals surface area contributed by atoms with Crippen LogP contribution in [0.15, 0.2) is 51.4 Å². The topological polar surface area (TPSA) is 26.3 Å². The Hall–Kier alpha value is -1.13. The van der Waals surface area contributed by atoms with Crippen molar-refractivity contribution in [1.82, 2.24) is 0 Å².